The predicted octanol–water partition coefficient (Wildman–Crippen LogP) is 1.22. The molecule has 19 heavy (non-hydrogen) atoms. The van der Waals surface area contributed by atoms with E-state index < -0.39 is 15.6 Å². The molecule has 1 aromatic heterocycles. The number of aromatic nitrogens is 1. The van der Waals surface area contributed by atoms with Crippen molar-refractivity contribution in [3.05, 3.63) is 18.5 Å². The Kier molecular flexibility index (Phi) is 5.28. The summed E-state index contributed by atoms with van der Waals surface area (Å²) < 4.78 is 32.4. The minimum absolute atomic E-state index is 0.129. The molecule has 108 valence electrons. The molecule has 1 aromatic rings. The van der Waals surface area contributed by atoms with Gasteiger partial charge in [0.1, 0.15) is 4.90 Å². The topological polar surface area (TPSA) is 80.3 Å². The average molecular weight is 287 g/mol. The van der Waals surface area contributed by atoms with Gasteiger partial charge in [-0.2, -0.15) is 0 Å². The van der Waals surface area contributed by atoms with Crippen LogP contribution in [0, 0.1) is 0 Å². The van der Waals surface area contributed by atoms with Gasteiger partial charge in [0.05, 0.1) is 11.3 Å². The largest absolute Gasteiger partial charge is 0.387 e. The fourth-order valence-electron chi connectivity index (χ4n) is 1.59. The second kappa shape index (κ2) is 6.31. The van der Waals surface area contributed by atoms with E-state index in [-0.39, 0.29) is 11.4 Å². The van der Waals surface area contributed by atoms with E-state index in [1.54, 1.807) is 13.1 Å². The van der Waals surface area contributed by atoms with Crippen LogP contribution in [0.3, 0.4) is 0 Å². The molecule has 0 spiro atoms. The van der Waals surface area contributed by atoms with Crippen LogP contribution in [-0.2, 0) is 14.8 Å². The van der Waals surface area contributed by atoms with Gasteiger partial charge in [-0.15, -0.1) is 0 Å². The molecule has 0 amide bonds. The van der Waals surface area contributed by atoms with Crippen molar-refractivity contribution in [2.45, 2.75) is 31.3 Å². The van der Waals surface area contributed by atoms with Gasteiger partial charge in [0.2, 0.25) is 10.0 Å². The second-order valence-electron chi connectivity index (χ2n) is 4.64. The highest BCUT2D eigenvalue weighted by atomic mass is 32.2. The van der Waals surface area contributed by atoms with Crippen molar-refractivity contribution in [1.82, 2.24) is 9.71 Å². The Morgan fingerprint density at radius 2 is 2.11 bits per heavy atom. The molecule has 6 nitrogen and oxygen atoms in total. The number of hydrogen-bond donors (Lipinski definition) is 2. The maximum atomic E-state index is 12.2. The van der Waals surface area contributed by atoms with Crippen LogP contribution in [0.5, 0.6) is 0 Å². The molecule has 0 aliphatic rings. The van der Waals surface area contributed by atoms with E-state index in [0.29, 0.717) is 12.3 Å². The molecule has 0 aromatic carbocycles. The molecule has 0 aliphatic carbocycles. The van der Waals surface area contributed by atoms with Crippen molar-refractivity contribution in [2.75, 3.05) is 25.5 Å². The van der Waals surface area contributed by atoms with Crippen LogP contribution in [0.1, 0.15) is 20.8 Å². The van der Waals surface area contributed by atoms with E-state index in [9.17, 15) is 8.42 Å². The molecule has 0 unspecified atom stereocenters. The molecule has 2 N–H and O–H groups in total. The van der Waals surface area contributed by atoms with E-state index in [1.165, 1.54) is 12.4 Å². The highest BCUT2D eigenvalue weighted by Crippen LogP contribution is 2.19. The summed E-state index contributed by atoms with van der Waals surface area (Å²) in [6, 6.07) is 1.61. The van der Waals surface area contributed by atoms with Crippen molar-refractivity contribution in [3.63, 3.8) is 0 Å². The molecular weight excluding hydrogens is 266 g/mol. The van der Waals surface area contributed by atoms with Crippen LogP contribution >= 0.6 is 0 Å². The second-order valence-corrected chi connectivity index (χ2v) is 6.37. The van der Waals surface area contributed by atoms with Crippen LogP contribution in [0.25, 0.3) is 0 Å². The highest BCUT2D eigenvalue weighted by Gasteiger charge is 2.24. The van der Waals surface area contributed by atoms with Crippen LogP contribution < -0.4 is 10.0 Å². The zero-order valence-electron chi connectivity index (χ0n) is 11.7. The van der Waals surface area contributed by atoms with Crippen LogP contribution in [0.4, 0.5) is 5.69 Å². The first-order valence-electron chi connectivity index (χ1n) is 6.08. The van der Waals surface area contributed by atoms with Gasteiger partial charge in [-0.25, -0.2) is 13.1 Å². The lowest BCUT2D eigenvalue weighted by atomic mass is 10.1. The standard InChI is InChI=1S/C12H21N3O3S/c1-5-18-12(2,3)9-15-19(16,17)11-8-14-7-6-10(11)13-4/h6-8,15H,5,9H2,1-4H3,(H,13,14). The van der Waals surface area contributed by atoms with Gasteiger partial charge < -0.3 is 10.1 Å². The van der Waals surface area contributed by atoms with Crippen molar-refractivity contribution >= 4 is 15.7 Å². The van der Waals surface area contributed by atoms with Crippen LogP contribution in [-0.4, -0.2) is 39.2 Å². The van der Waals surface area contributed by atoms with Crippen LogP contribution in [0.15, 0.2) is 23.4 Å². The summed E-state index contributed by atoms with van der Waals surface area (Å²) >= 11 is 0. The van der Waals surface area contributed by atoms with Gasteiger partial charge in [0, 0.05) is 32.6 Å². The SMILES string of the molecule is CCOC(C)(C)CNS(=O)(=O)c1cnccc1NC. The maximum Gasteiger partial charge on any atom is 0.244 e. The zero-order valence-corrected chi connectivity index (χ0v) is 12.5. The summed E-state index contributed by atoms with van der Waals surface area (Å²) in [5.41, 5.74) is -0.0409. The monoisotopic (exact) mass is 287 g/mol. The molecule has 0 aliphatic heterocycles. The van der Waals surface area contributed by atoms with Crippen molar-refractivity contribution in [1.29, 1.82) is 0 Å². The van der Waals surface area contributed by atoms with Gasteiger partial charge >= 0.3 is 0 Å². The lowest BCUT2D eigenvalue weighted by molar-refractivity contribution is -0.00515. The first-order valence-corrected chi connectivity index (χ1v) is 7.56. The van der Waals surface area contributed by atoms with Crippen molar-refractivity contribution in [2.24, 2.45) is 0 Å². The van der Waals surface area contributed by atoms with E-state index in [2.05, 4.69) is 15.0 Å². The Hall–Kier alpha value is -1.18. The zero-order chi connectivity index (χ0) is 14.5. The molecule has 1 heterocycles. The number of ether oxygens (including phenoxy) is 1. The Bertz CT molecular complexity index is 515. The Morgan fingerprint density at radius 3 is 2.68 bits per heavy atom. The Balaban J connectivity index is 2.87. The number of anilines is 1. The molecule has 0 atom stereocenters. The smallest absolute Gasteiger partial charge is 0.244 e. The third-order valence-electron chi connectivity index (χ3n) is 2.57. The molecule has 0 fully saturated rings. The van der Waals surface area contributed by atoms with E-state index in [1.807, 2.05) is 20.8 Å². The van der Waals surface area contributed by atoms with Gasteiger partial charge in [0.25, 0.3) is 0 Å². The van der Waals surface area contributed by atoms with Crippen molar-refractivity contribution < 1.29 is 13.2 Å². The number of nitrogens with zero attached hydrogens (tertiary/aromatic N) is 1. The van der Waals surface area contributed by atoms with E-state index in [4.69, 9.17) is 4.74 Å². The lowest BCUT2D eigenvalue weighted by Crippen LogP contribution is -2.40. The van der Waals surface area contributed by atoms with E-state index >= 15 is 0 Å². The Morgan fingerprint density at radius 1 is 1.42 bits per heavy atom. The number of rotatable bonds is 7. The van der Waals surface area contributed by atoms with Gasteiger partial charge in [0.15, 0.2) is 0 Å². The Labute approximate surface area is 114 Å². The number of pyridine rings is 1. The normalized spacial score (nSPS) is 12.4. The number of hydrogen-bond acceptors (Lipinski definition) is 5. The summed E-state index contributed by atoms with van der Waals surface area (Å²) in [4.78, 5) is 3.98. The minimum Gasteiger partial charge on any atom is -0.387 e. The fraction of sp³-hybridized carbons (Fsp3) is 0.583. The number of sulfonamides is 1. The molecular formula is C12H21N3O3S. The summed E-state index contributed by atoms with van der Waals surface area (Å²) in [5.74, 6) is 0. The predicted molar refractivity (Wildman–Crippen MR) is 74.7 cm³/mol. The third-order valence-corrected chi connectivity index (χ3v) is 4.00. The molecule has 1 rings (SSSR count). The molecule has 0 bridgehead atoms. The fourth-order valence-corrected chi connectivity index (χ4v) is 2.94. The first kappa shape index (κ1) is 15.9. The molecule has 0 saturated carbocycles. The number of nitrogens with one attached hydrogen (secondary N) is 2. The molecule has 7 heteroatoms. The minimum atomic E-state index is -3.61. The van der Waals surface area contributed by atoms with Gasteiger partial charge in [-0.3, -0.25) is 4.98 Å². The molecule has 0 saturated heterocycles. The van der Waals surface area contributed by atoms with Crippen molar-refractivity contribution in [3.8, 4) is 0 Å². The average Bonchev–Trinajstić information content (AvgIpc) is 2.37. The summed E-state index contributed by atoms with van der Waals surface area (Å²) in [6.07, 6.45) is 2.86. The van der Waals surface area contributed by atoms with Gasteiger partial charge in [-0.1, -0.05) is 0 Å². The maximum absolute atomic E-state index is 12.2. The third kappa shape index (κ3) is 4.45. The molecule has 0 radical (unpaired) electrons. The highest BCUT2D eigenvalue weighted by molar-refractivity contribution is 7.89. The summed E-state index contributed by atoms with van der Waals surface area (Å²) in [7, 11) is -1.94. The van der Waals surface area contributed by atoms with E-state index in [0.717, 1.165) is 0 Å². The van der Waals surface area contributed by atoms with Crippen LogP contribution in [0.2, 0.25) is 0 Å². The van der Waals surface area contributed by atoms with Gasteiger partial charge in [-0.05, 0) is 26.8 Å². The lowest BCUT2D eigenvalue weighted by Gasteiger charge is -2.25. The summed E-state index contributed by atoms with van der Waals surface area (Å²) in [5, 5.41) is 2.83. The first-order chi connectivity index (χ1) is 8.82. The summed E-state index contributed by atoms with van der Waals surface area (Å²) in [6.45, 7) is 6.27. The quantitative estimate of drug-likeness (QED) is 0.788.